The van der Waals surface area contributed by atoms with Crippen LogP contribution in [0.3, 0.4) is 0 Å². The number of carbonyl (C=O) groups excluding carboxylic acids is 1. The summed E-state index contributed by atoms with van der Waals surface area (Å²) in [6.45, 7) is 3.78. The van der Waals surface area contributed by atoms with Gasteiger partial charge in [-0.1, -0.05) is 19.8 Å². The van der Waals surface area contributed by atoms with Gasteiger partial charge >= 0.3 is 0 Å². The van der Waals surface area contributed by atoms with Crippen molar-refractivity contribution in [1.29, 1.82) is 0 Å². The van der Waals surface area contributed by atoms with Crippen LogP contribution < -0.4 is 10.6 Å². The molecule has 7 nitrogen and oxygen atoms in total. The maximum atomic E-state index is 12.3. The average Bonchev–Trinajstić information content (AvgIpc) is 2.60. The molecular weight excluding hydrogens is 322 g/mol. The number of nitro groups is 1. The van der Waals surface area contributed by atoms with Crippen LogP contribution >= 0.6 is 0 Å². The van der Waals surface area contributed by atoms with E-state index >= 15 is 0 Å². The third-order valence-corrected chi connectivity index (χ3v) is 4.67. The van der Waals surface area contributed by atoms with Gasteiger partial charge in [0.1, 0.15) is 5.69 Å². The Bertz CT molecular complexity index is 606. The number of rotatable bonds is 8. The Morgan fingerprint density at radius 3 is 2.88 bits per heavy atom. The molecule has 7 heteroatoms. The maximum Gasteiger partial charge on any atom is 0.293 e. The monoisotopic (exact) mass is 349 g/mol. The molecule has 1 aromatic carbocycles. The summed E-state index contributed by atoms with van der Waals surface area (Å²) in [6.07, 6.45) is 4.72. The quantitative estimate of drug-likeness (QED) is 0.427. The van der Waals surface area contributed by atoms with E-state index in [-0.39, 0.29) is 11.6 Å². The Hall–Kier alpha value is -2.15. The summed E-state index contributed by atoms with van der Waals surface area (Å²) in [5.74, 6) is 0.941. The summed E-state index contributed by atoms with van der Waals surface area (Å²) < 4.78 is 4.93. The number of nitro benzene ring substituents is 1. The third-order valence-electron chi connectivity index (χ3n) is 4.67. The first kappa shape index (κ1) is 19.2. The lowest BCUT2D eigenvalue weighted by Crippen LogP contribution is -2.31. The Morgan fingerprint density at radius 1 is 1.40 bits per heavy atom. The van der Waals surface area contributed by atoms with Crippen molar-refractivity contribution in [2.24, 2.45) is 11.8 Å². The first-order valence-electron chi connectivity index (χ1n) is 8.80. The highest BCUT2D eigenvalue weighted by Crippen LogP contribution is 2.28. The van der Waals surface area contributed by atoms with Gasteiger partial charge in [0.05, 0.1) is 11.5 Å². The van der Waals surface area contributed by atoms with E-state index in [0.717, 1.165) is 12.8 Å². The molecule has 1 aliphatic rings. The molecule has 1 amide bonds. The van der Waals surface area contributed by atoms with Crippen molar-refractivity contribution >= 4 is 17.3 Å². The fourth-order valence-electron chi connectivity index (χ4n) is 3.35. The first-order chi connectivity index (χ1) is 12.0. The van der Waals surface area contributed by atoms with Gasteiger partial charge in [-0.2, -0.15) is 0 Å². The van der Waals surface area contributed by atoms with Crippen LogP contribution in [0.2, 0.25) is 0 Å². The molecule has 2 N–H and O–H groups in total. The predicted octanol–water partition coefficient (Wildman–Crippen LogP) is 3.21. The molecule has 0 spiro atoms. The average molecular weight is 349 g/mol. The van der Waals surface area contributed by atoms with E-state index in [1.54, 1.807) is 19.2 Å². The second-order valence-electron chi connectivity index (χ2n) is 6.76. The highest BCUT2D eigenvalue weighted by molar-refractivity contribution is 5.95. The Balaban J connectivity index is 1.98. The summed E-state index contributed by atoms with van der Waals surface area (Å²) >= 11 is 0. The number of carbonyl (C=O) groups is 1. The van der Waals surface area contributed by atoms with Crippen LogP contribution in [-0.2, 0) is 4.74 Å². The number of benzene rings is 1. The first-order valence-corrected chi connectivity index (χ1v) is 8.80. The molecule has 1 aromatic rings. The van der Waals surface area contributed by atoms with Crippen LogP contribution in [0.4, 0.5) is 11.4 Å². The van der Waals surface area contributed by atoms with Crippen LogP contribution in [0.15, 0.2) is 18.2 Å². The van der Waals surface area contributed by atoms with E-state index in [0.29, 0.717) is 42.8 Å². The van der Waals surface area contributed by atoms with Crippen LogP contribution in [0, 0.1) is 22.0 Å². The van der Waals surface area contributed by atoms with Crippen LogP contribution in [0.5, 0.6) is 0 Å². The molecule has 0 radical (unpaired) electrons. The number of anilines is 1. The van der Waals surface area contributed by atoms with Crippen molar-refractivity contribution in [3.8, 4) is 0 Å². The standard InChI is InChI=1S/C18H27N3O4/c1-13-4-3-5-14(10-13)12-20-18(22)15-6-7-16(19-8-9-25-2)17(11-15)21(23)24/h6-7,11,13-14,19H,3-5,8-10,12H2,1-2H3,(H,20,22). The SMILES string of the molecule is COCCNc1ccc(C(=O)NCC2CCCC(C)C2)cc1[N+](=O)[O-]. The summed E-state index contributed by atoms with van der Waals surface area (Å²) in [5.41, 5.74) is 0.600. The summed E-state index contributed by atoms with van der Waals surface area (Å²) in [5, 5.41) is 17.2. The van der Waals surface area contributed by atoms with Gasteiger partial charge in [0.2, 0.25) is 0 Å². The molecule has 0 bridgehead atoms. The number of amides is 1. The van der Waals surface area contributed by atoms with E-state index in [1.807, 2.05) is 0 Å². The van der Waals surface area contributed by atoms with E-state index < -0.39 is 4.92 Å². The molecule has 1 saturated carbocycles. The lowest BCUT2D eigenvalue weighted by Gasteiger charge is -2.26. The van der Waals surface area contributed by atoms with Crippen LogP contribution in [0.25, 0.3) is 0 Å². The van der Waals surface area contributed by atoms with Crippen molar-refractivity contribution < 1.29 is 14.5 Å². The van der Waals surface area contributed by atoms with Gasteiger partial charge < -0.3 is 15.4 Å². The fourth-order valence-corrected chi connectivity index (χ4v) is 3.35. The third kappa shape index (κ3) is 5.70. The van der Waals surface area contributed by atoms with E-state index in [9.17, 15) is 14.9 Å². The lowest BCUT2D eigenvalue weighted by molar-refractivity contribution is -0.384. The minimum absolute atomic E-state index is 0.102. The molecule has 2 rings (SSSR count). The number of hydrogen-bond donors (Lipinski definition) is 2. The van der Waals surface area contributed by atoms with Crippen molar-refractivity contribution in [2.45, 2.75) is 32.6 Å². The van der Waals surface area contributed by atoms with Gasteiger partial charge in [-0.25, -0.2) is 0 Å². The van der Waals surface area contributed by atoms with E-state index in [4.69, 9.17) is 4.74 Å². The summed E-state index contributed by atoms with van der Waals surface area (Å²) in [6, 6.07) is 4.51. The van der Waals surface area contributed by atoms with Crippen LogP contribution in [-0.4, -0.2) is 37.6 Å². The number of nitrogens with one attached hydrogen (secondary N) is 2. The summed E-state index contributed by atoms with van der Waals surface area (Å²) in [4.78, 5) is 23.1. The molecule has 0 aliphatic heterocycles. The van der Waals surface area contributed by atoms with Crippen molar-refractivity contribution in [2.75, 3.05) is 32.1 Å². The van der Waals surface area contributed by atoms with Crippen molar-refractivity contribution in [3.63, 3.8) is 0 Å². The smallest absolute Gasteiger partial charge is 0.293 e. The molecule has 2 atom stereocenters. The minimum atomic E-state index is -0.477. The molecular formula is C18H27N3O4. The molecule has 0 aromatic heterocycles. The highest BCUT2D eigenvalue weighted by Gasteiger charge is 2.21. The van der Waals surface area contributed by atoms with E-state index in [1.165, 1.54) is 18.9 Å². The second kappa shape index (κ2) is 9.36. The Morgan fingerprint density at radius 2 is 2.20 bits per heavy atom. The van der Waals surface area contributed by atoms with Gasteiger partial charge in [0.25, 0.3) is 11.6 Å². The van der Waals surface area contributed by atoms with Gasteiger partial charge in [-0.05, 0) is 36.8 Å². The zero-order valence-electron chi connectivity index (χ0n) is 14.9. The highest BCUT2D eigenvalue weighted by atomic mass is 16.6. The van der Waals surface area contributed by atoms with Crippen molar-refractivity contribution in [1.82, 2.24) is 5.32 Å². The van der Waals surface area contributed by atoms with Gasteiger partial charge in [0.15, 0.2) is 0 Å². The molecule has 138 valence electrons. The molecule has 25 heavy (non-hydrogen) atoms. The lowest BCUT2D eigenvalue weighted by atomic mass is 9.82. The molecule has 2 unspecified atom stereocenters. The minimum Gasteiger partial charge on any atom is -0.383 e. The topological polar surface area (TPSA) is 93.5 Å². The predicted molar refractivity (Wildman–Crippen MR) is 96.9 cm³/mol. The van der Waals surface area contributed by atoms with Gasteiger partial charge in [-0.3, -0.25) is 14.9 Å². The van der Waals surface area contributed by atoms with Gasteiger partial charge in [-0.15, -0.1) is 0 Å². The van der Waals surface area contributed by atoms with Gasteiger partial charge in [0, 0.05) is 31.8 Å². The van der Waals surface area contributed by atoms with E-state index in [2.05, 4.69) is 17.6 Å². The summed E-state index contributed by atoms with van der Waals surface area (Å²) in [7, 11) is 1.57. The molecule has 0 heterocycles. The fraction of sp³-hybridized carbons (Fsp3) is 0.611. The Kier molecular flexibility index (Phi) is 7.18. The number of ether oxygens (including phenoxy) is 1. The number of methoxy groups -OCH3 is 1. The molecule has 0 saturated heterocycles. The zero-order chi connectivity index (χ0) is 18.2. The number of hydrogen-bond acceptors (Lipinski definition) is 5. The molecule has 1 aliphatic carbocycles. The second-order valence-corrected chi connectivity index (χ2v) is 6.76. The van der Waals surface area contributed by atoms with Crippen molar-refractivity contribution in [3.05, 3.63) is 33.9 Å². The Labute approximate surface area is 148 Å². The zero-order valence-corrected chi connectivity index (χ0v) is 14.9. The maximum absolute atomic E-state index is 12.3. The number of nitrogens with zero attached hydrogens (tertiary/aromatic N) is 1. The normalized spacial score (nSPS) is 20.1. The largest absolute Gasteiger partial charge is 0.383 e. The molecule has 1 fully saturated rings. The van der Waals surface area contributed by atoms with Crippen LogP contribution in [0.1, 0.15) is 43.0 Å².